The topological polar surface area (TPSA) is 125 Å². The summed E-state index contributed by atoms with van der Waals surface area (Å²) >= 11 is 1.16. The van der Waals surface area contributed by atoms with Crippen molar-refractivity contribution in [3.8, 4) is 0 Å². The molecule has 10 nitrogen and oxygen atoms in total. The van der Waals surface area contributed by atoms with Gasteiger partial charge in [-0.25, -0.2) is 4.98 Å². The zero-order valence-electron chi connectivity index (χ0n) is 20.2. The fraction of sp³-hybridized carbons (Fsp3) is 0.440. The van der Waals surface area contributed by atoms with Gasteiger partial charge in [0.05, 0.1) is 35.6 Å². The zero-order chi connectivity index (χ0) is 25.3. The van der Waals surface area contributed by atoms with Crippen molar-refractivity contribution in [1.29, 1.82) is 0 Å². The fourth-order valence-corrected chi connectivity index (χ4v) is 4.72. The Morgan fingerprint density at radius 3 is 2.92 bits per heavy atom. The SMILES string of the molecule is COCCCNC(=O)CSc1nc2cc(C(=O)NCC3CCCO3)ccc2c(=O)n1Cc1ccco1. The molecule has 1 unspecified atom stereocenters. The normalized spacial score (nSPS) is 15.3. The van der Waals surface area contributed by atoms with Gasteiger partial charge in [0, 0.05) is 39.0 Å². The van der Waals surface area contributed by atoms with E-state index in [1.54, 1.807) is 37.4 Å². The molecule has 1 aromatic carbocycles. The number of methoxy groups -OCH3 is 1. The maximum Gasteiger partial charge on any atom is 0.262 e. The van der Waals surface area contributed by atoms with Crippen molar-refractivity contribution >= 4 is 34.5 Å². The lowest BCUT2D eigenvalue weighted by atomic mass is 10.1. The molecule has 2 amide bonds. The molecule has 0 radical (unpaired) electrons. The van der Waals surface area contributed by atoms with Gasteiger partial charge in [-0.3, -0.25) is 19.0 Å². The number of amides is 2. The number of carbonyl (C=O) groups is 2. The number of benzene rings is 1. The van der Waals surface area contributed by atoms with E-state index in [4.69, 9.17) is 13.9 Å². The van der Waals surface area contributed by atoms with Gasteiger partial charge < -0.3 is 24.5 Å². The van der Waals surface area contributed by atoms with Crippen LogP contribution in [0.2, 0.25) is 0 Å². The summed E-state index contributed by atoms with van der Waals surface area (Å²) in [6.07, 6.45) is 4.20. The van der Waals surface area contributed by atoms with Crippen molar-refractivity contribution in [3.63, 3.8) is 0 Å². The van der Waals surface area contributed by atoms with Crippen molar-refractivity contribution < 1.29 is 23.5 Å². The number of furan rings is 1. The Morgan fingerprint density at radius 2 is 2.17 bits per heavy atom. The molecule has 0 bridgehead atoms. The second-order valence-electron chi connectivity index (χ2n) is 8.43. The number of fused-ring (bicyclic) bond motifs is 1. The fourth-order valence-electron chi connectivity index (χ4n) is 3.89. The van der Waals surface area contributed by atoms with Crippen molar-refractivity contribution in [1.82, 2.24) is 20.2 Å². The standard InChI is InChI=1S/C25H30N4O6S/c1-33-10-4-9-26-22(30)16-36-25-28-21-13-17(23(31)27-14-18-5-2-11-34-18)7-8-20(21)24(32)29(25)15-19-6-3-12-35-19/h3,6-8,12-13,18H,2,4-5,9-11,14-16H2,1H3,(H,26,30)(H,27,31). The van der Waals surface area contributed by atoms with Gasteiger partial charge in [-0.05, 0) is 49.6 Å². The van der Waals surface area contributed by atoms with E-state index in [1.807, 2.05) is 0 Å². The maximum atomic E-state index is 13.4. The second kappa shape index (κ2) is 12.7. The van der Waals surface area contributed by atoms with Gasteiger partial charge in [0.2, 0.25) is 5.91 Å². The Hall–Kier alpha value is -3.15. The van der Waals surface area contributed by atoms with Gasteiger partial charge in [0.1, 0.15) is 5.76 Å². The predicted octanol–water partition coefficient (Wildman–Crippen LogP) is 2.19. The minimum atomic E-state index is -0.272. The largest absolute Gasteiger partial charge is 0.467 e. The molecule has 3 aromatic rings. The van der Waals surface area contributed by atoms with Crippen LogP contribution in [-0.4, -0.2) is 66.6 Å². The summed E-state index contributed by atoms with van der Waals surface area (Å²) in [6, 6.07) is 8.36. The average Bonchev–Trinajstić information content (AvgIpc) is 3.60. The second-order valence-corrected chi connectivity index (χ2v) is 9.37. The van der Waals surface area contributed by atoms with Crippen LogP contribution in [0.25, 0.3) is 10.9 Å². The van der Waals surface area contributed by atoms with Crippen molar-refractivity contribution in [2.45, 2.75) is 37.1 Å². The van der Waals surface area contributed by atoms with Crippen LogP contribution in [-0.2, 0) is 20.8 Å². The Bertz CT molecular complexity index is 1240. The van der Waals surface area contributed by atoms with Crippen LogP contribution < -0.4 is 16.2 Å². The lowest BCUT2D eigenvalue weighted by Crippen LogP contribution is -2.32. The molecule has 2 N–H and O–H groups in total. The Kier molecular flexibility index (Phi) is 9.15. The van der Waals surface area contributed by atoms with E-state index < -0.39 is 0 Å². The Labute approximate surface area is 212 Å². The number of ether oxygens (including phenoxy) is 2. The lowest BCUT2D eigenvalue weighted by Gasteiger charge is -2.13. The van der Waals surface area contributed by atoms with Crippen LogP contribution in [0.15, 0.2) is 51.0 Å². The highest BCUT2D eigenvalue weighted by Gasteiger charge is 2.19. The van der Waals surface area contributed by atoms with Crippen molar-refractivity contribution in [3.05, 3.63) is 58.3 Å². The summed E-state index contributed by atoms with van der Waals surface area (Å²) in [7, 11) is 1.61. The molecule has 2 aromatic heterocycles. The van der Waals surface area contributed by atoms with Crippen LogP contribution in [0, 0.1) is 0 Å². The molecule has 1 saturated heterocycles. The monoisotopic (exact) mass is 514 g/mol. The van der Waals surface area contributed by atoms with Gasteiger partial charge in [-0.2, -0.15) is 0 Å². The lowest BCUT2D eigenvalue weighted by molar-refractivity contribution is -0.118. The molecule has 0 spiro atoms. The highest BCUT2D eigenvalue weighted by Crippen LogP contribution is 2.20. The molecule has 1 atom stereocenters. The number of hydrogen-bond acceptors (Lipinski definition) is 8. The molecule has 0 aliphatic carbocycles. The summed E-state index contributed by atoms with van der Waals surface area (Å²) < 4.78 is 17.5. The average molecular weight is 515 g/mol. The number of aromatic nitrogens is 2. The molecule has 4 rings (SSSR count). The van der Waals surface area contributed by atoms with Crippen molar-refractivity contribution in [2.24, 2.45) is 0 Å². The molecule has 3 heterocycles. The molecule has 192 valence electrons. The summed E-state index contributed by atoms with van der Waals surface area (Å²) in [5, 5.41) is 6.47. The van der Waals surface area contributed by atoms with E-state index in [0.29, 0.717) is 53.5 Å². The van der Waals surface area contributed by atoms with Crippen LogP contribution >= 0.6 is 11.8 Å². The molecule has 1 fully saturated rings. The minimum absolute atomic E-state index is 0.0324. The summed E-state index contributed by atoms with van der Waals surface area (Å²) in [6.45, 7) is 2.40. The van der Waals surface area contributed by atoms with E-state index in [1.165, 1.54) is 10.8 Å². The van der Waals surface area contributed by atoms with Gasteiger partial charge in [-0.1, -0.05) is 11.8 Å². The third-order valence-electron chi connectivity index (χ3n) is 5.77. The van der Waals surface area contributed by atoms with Crippen LogP contribution in [0.5, 0.6) is 0 Å². The number of hydrogen-bond donors (Lipinski definition) is 2. The van der Waals surface area contributed by atoms with E-state index in [9.17, 15) is 14.4 Å². The summed E-state index contributed by atoms with van der Waals surface area (Å²) in [5.41, 5.74) is 0.525. The predicted molar refractivity (Wildman–Crippen MR) is 135 cm³/mol. The number of rotatable bonds is 12. The number of thioether (sulfide) groups is 1. The van der Waals surface area contributed by atoms with E-state index in [-0.39, 0.29) is 35.8 Å². The smallest absolute Gasteiger partial charge is 0.262 e. The number of nitrogens with one attached hydrogen (secondary N) is 2. The van der Waals surface area contributed by atoms with Gasteiger partial charge in [0.15, 0.2) is 5.16 Å². The first-order valence-corrected chi connectivity index (χ1v) is 12.9. The Morgan fingerprint density at radius 1 is 1.28 bits per heavy atom. The molecular formula is C25H30N4O6S. The first-order valence-electron chi connectivity index (χ1n) is 11.9. The first-order chi connectivity index (χ1) is 17.5. The quantitative estimate of drug-likeness (QED) is 0.214. The molecular weight excluding hydrogens is 484 g/mol. The van der Waals surface area contributed by atoms with E-state index in [2.05, 4.69) is 15.6 Å². The molecule has 36 heavy (non-hydrogen) atoms. The van der Waals surface area contributed by atoms with E-state index in [0.717, 1.165) is 31.2 Å². The Balaban J connectivity index is 1.55. The van der Waals surface area contributed by atoms with Gasteiger partial charge in [-0.15, -0.1) is 0 Å². The van der Waals surface area contributed by atoms with Crippen LogP contribution in [0.4, 0.5) is 0 Å². The molecule has 1 aliphatic heterocycles. The third kappa shape index (κ3) is 6.74. The van der Waals surface area contributed by atoms with Gasteiger partial charge in [0.25, 0.3) is 11.5 Å². The molecule has 1 aliphatic rings. The third-order valence-corrected chi connectivity index (χ3v) is 6.75. The van der Waals surface area contributed by atoms with Crippen molar-refractivity contribution in [2.75, 3.05) is 39.2 Å². The van der Waals surface area contributed by atoms with Crippen LogP contribution in [0.1, 0.15) is 35.4 Å². The highest BCUT2D eigenvalue weighted by molar-refractivity contribution is 7.99. The first kappa shape index (κ1) is 25.9. The molecule has 11 heteroatoms. The number of nitrogens with zero attached hydrogens (tertiary/aromatic N) is 2. The highest BCUT2D eigenvalue weighted by atomic mass is 32.2. The van der Waals surface area contributed by atoms with E-state index >= 15 is 0 Å². The summed E-state index contributed by atoms with van der Waals surface area (Å²) in [5.74, 6) is 0.259. The zero-order valence-corrected chi connectivity index (χ0v) is 21.0. The number of carbonyl (C=O) groups excluding carboxylic acids is 2. The summed E-state index contributed by atoms with van der Waals surface area (Å²) in [4.78, 5) is 43.0. The molecule has 0 saturated carbocycles. The van der Waals surface area contributed by atoms with Gasteiger partial charge >= 0.3 is 0 Å². The maximum absolute atomic E-state index is 13.4. The van der Waals surface area contributed by atoms with Crippen LogP contribution in [0.3, 0.4) is 0 Å². The minimum Gasteiger partial charge on any atom is -0.467 e.